The van der Waals surface area contributed by atoms with Gasteiger partial charge in [0.25, 0.3) is 0 Å². The highest BCUT2D eigenvalue weighted by molar-refractivity contribution is 7.21. The Morgan fingerprint density at radius 3 is 2.60 bits per heavy atom. The molecule has 1 aromatic heterocycles. The van der Waals surface area contributed by atoms with Gasteiger partial charge in [-0.2, -0.15) is 0 Å². The highest BCUT2D eigenvalue weighted by Gasteiger charge is 2.20. The van der Waals surface area contributed by atoms with Crippen molar-refractivity contribution in [3.05, 3.63) is 48.0 Å². The minimum atomic E-state index is -0.426. The van der Waals surface area contributed by atoms with Crippen LogP contribution in [0.3, 0.4) is 0 Å². The fourth-order valence-electron chi connectivity index (χ4n) is 2.98. The fourth-order valence-corrected chi connectivity index (χ4v) is 4.05. The van der Waals surface area contributed by atoms with Gasteiger partial charge in [-0.05, 0) is 69.3 Å². The Hall–Kier alpha value is -2.77. The number of anilines is 1. The Kier molecular flexibility index (Phi) is 7.18. The third-order valence-electron chi connectivity index (χ3n) is 4.95. The molecule has 30 heavy (non-hydrogen) atoms. The molecular weight excluding hydrogens is 396 g/mol. The lowest BCUT2D eigenvalue weighted by atomic mass is 10.2. The first-order valence-corrected chi connectivity index (χ1v) is 10.9. The van der Waals surface area contributed by atoms with E-state index in [0.717, 1.165) is 28.2 Å². The van der Waals surface area contributed by atoms with Crippen LogP contribution in [0.15, 0.2) is 42.5 Å². The van der Waals surface area contributed by atoms with E-state index in [1.807, 2.05) is 37.3 Å². The van der Waals surface area contributed by atoms with Gasteiger partial charge >= 0.3 is 0 Å². The molecule has 0 aliphatic rings. The number of rotatable bonds is 8. The molecule has 7 heteroatoms. The molecule has 2 aromatic carbocycles. The molecule has 0 unspecified atom stereocenters. The average molecular weight is 425 g/mol. The van der Waals surface area contributed by atoms with E-state index >= 15 is 0 Å². The summed E-state index contributed by atoms with van der Waals surface area (Å²) in [4.78, 5) is 30.9. The van der Waals surface area contributed by atoms with E-state index < -0.39 is 6.04 Å². The highest BCUT2D eigenvalue weighted by Crippen LogP contribution is 2.31. The van der Waals surface area contributed by atoms with Crippen LogP contribution in [-0.2, 0) is 9.59 Å². The molecule has 2 amide bonds. The molecule has 0 bridgehead atoms. The van der Waals surface area contributed by atoms with Gasteiger partial charge in [-0.25, -0.2) is 4.98 Å². The van der Waals surface area contributed by atoms with Crippen molar-refractivity contribution < 1.29 is 9.59 Å². The first kappa shape index (κ1) is 21.9. The lowest BCUT2D eigenvalue weighted by Gasteiger charge is -2.23. The van der Waals surface area contributed by atoms with E-state index in [9.17, 15) is 9.59 Å². The summed E-state index contributed by atoms with van der Waals surface area (Å²) in [5, 5.41) is 6.70. The third-order valence-corrected chi connectivity index (χ3v) is 6.02. The summed E-state index contributed by atoms with van der Waals surface area (Å²) in [7, 11) is 1.77. The number of fused-ring (bicyclic) bond motifs is 1. The Balaban J connectivity index is 1.61. The van der Waals surface area contributed by atoms with Crippen LogP contribution in [0.25, 0.3) is 20.8 Å². The van der Waals surface area contributed by atoms with Crippen LogP contribution in [0.1, 0.15) is 25.8 Å². The van der Waals surface area contributed by atoms with E-state index in [0.29, 0.717) is 6.54 Å². The lowest BCUT2D eigenvalue weighted by molar-refractivity contribution is -0.124. The molecule has 3 aromatic rings. The van der Waals surface area contributed by atoms with Crippen molar-refractivity contribution >= 4 is 39.1 Å². The number of hydrogen-bond acceptors (Lipinski definition) is 5. The summed E-state index contributed by atoms with van der Waals surface area (Å²) in [6, 6.07) is 13.5. The van der Waals surface area contributed by atoms with Gasteiger partial charge in [-0.1, -0.05) is 13.0 Å². The number of benzene rings is 2. The van der Waals surface area contributed by atoms with Crippen LogP contribution in [0.4, 0.5) is 5.69 Å². The van der Waals surface area contributed by atoms with Crippen LogP contribution >= 0.6 is 11.3 Å². The number of carbonyl (C=O) groups is 2. The Bertz CT molecular complexity index is 1030. The smallest absolute Gasteiger partial charge is 0.241 e. The number of nitrogens with zero attached hydrogens (tertiary/aromatic N) is 2. The summed E-state index contributed by atoms with van der Waals surface area (Å²) in [6.45, 7) is 6.70. The molecular formula is C23H28N4O2S. The molecule has 0 aliphatic carbocycles. The largest absolute Gasteiger partial charge is 0.355 e. The minimum absolute atomic E-state index is 0.0746. The van der Waals surface area contributed by atoms with Gasteiger partial charge in [0.05, 0.1) is 22.8 Å². The number of aryl methyl sites for hydroxylation is 1. The summed E-state index contributed by atoms with van der Waals surface area (Å²) < 4.78 is 1.17. The maximum atomic E-state index is 12.6. The number of likely N-dealkylation sites (N-methyl/N-ethyl adjacent to an activating group) is 1. The molecule has 6 nitrogen and oxygen atoms in total. The molecule has 0 saturated carbocycles. The van der Waals surface area contributed by atoms with Crippen molar-refractivity contribution in [1.29, 1.82) is 0 Å². The predicted octanol–water partition coefficient (Wildman–Crippen LogP) is 4.06. The fraction of sp³-hybridized carbons (Fsp3) is 0.348. The van der Waals surface area contributed by atoms with Crippen molar-refractivity contribution in [3.63, 3.8) is 0 Å². The van der Waals surface area contributed by atoms with E-state index in [1.165, 1.54) is 10.3 Å². The molecule has 2 N–H and O–H groups in total. The summed E-state index contributed by atoms with van der Waals surface area (Å²) >= 11 is 1.66. The second-order valence-corrected chi connectivity index (χ2v) is 8.53. The van der Waals surface area contributed by atoms with E-state index in [2.05, 4.69) is 29.7 Å². The van der Waals surface area contributed by atoms with E-state index in [4.69, 9.17) is 4.98 Å². The average Bonchev–Trinajstić information content (AvgIpc) is 3.15. The van der Waals surface area contributed by atoms with Crippen molar-refractivity contribution in [2.45, 2.75) is 33.2 Å². The maximum absolute atomic E-state index is 12.6. The van der Waals surface area contributed by atoms with Crippen molar-refractivity contribution in [1.82, 2.24) is 15.2 Å². The lowest BCUT2D eigenvalue weighted by Crippen LogP contribution is -2.44. The van der Waals surface area contributed by atoms with Gasteiger partial charge in [0.2, 0.25) is 11.8 Å². The molecule has 0 fully saturated rings. The third kappa shape index (κ3) is 5.43. The zero-order valence-corrected chi connectivity index (χ0v) is 18.7. The van der Waals surface area contributed by atoms with Crippen molar-refractivity contribution in [2.24, 2.45) is 0 Å². The van der Waals surface area contributed by atoms with Crippen LogP contribution in [0.5, 0.6) is 0 Å². The monoisotopic (exact) mass is 424 g/mol. The Labute approximate surface area is 181 Å². The van der Waals surface area contributed by atoms with Crippen LogP contribution in [0.2, 0.25) is 0 Å². The summed E-state index contributed by atoms with van der Waals surface area (Å²) in [6.07, 6.45) is 0.887. The first-order chi connectivity index (χ1) is 14.4. The Morgan fingerprint density at radius 2 is 1.90 bits per heavy atom. The summed E-state index contributed by atoms with van der Waals surface area (Å²) in [5.41, 5.74) is 3.96. The molecule has 0 aliphatic heterocycles. The van der Waals surface area contributed by atoms with Gasteiger partial charge in [0, 0.05) is 17.8 Å². The number of hydrogen-bond donors (Lipinski definition) is 2. The number of carbonyl (C=O) groups excluding carboxylic acids is 2. The van der Waals surface area contributed by atoms with Crippen molar-refractivity contribution in [3.8, 4) is 10.6 Å². The normalized spacial score (nSPS) is 12.2. The van der Waals surface area contributed by atoms with E-state index in [-0.39, 0.29) is 18.4 Å². The molecule has 3 rings (SSSR count). The van der Waals surface area contributed by atoms with Gasteiger partial charge < -0.3 is 10.6 Å². The van der Waals surface area contributed by atoms with Gasteiger partial charge in [-0.3, -0.25) is 14.5 Å². The van der Waals surface area contributed by atoms with Gasteiger partial charge in [0.1, 0.15) is 5.01 Å². The number of amides is 2. The number of thiazole rings is 1. The standard InChI is InChI=1S/C23H28N4O2S/c1-5-12-24-21(28)14-27(4)16(3)22(29)25-18-9-7-17(8-10-18)23-26-19-11-6-15(2)13-20(19)30-23/h6-11,13,16H,5,12,14H2,1-4H3,(H,24,28)(H,25,29)/t16-/m1/s1. The van der Waals surface area contributed by atoms with Gasteiger partial charge in [0.15, 0.2) is 0 Å². The molecule has 0 spiro atoms. The molecule has 0 saturated heterocycles. The quantitative estimate of drug-likeness (QED) is 0.572. The number of aromatic nitrogens is 1. The predicted molar refractivity (Wildman–Crippen MR) is 124 cm³/mol. The van der Waals surface area contributed by atoms with E-state index in [1.54, 1.807) is 30.2 Å². The zero-order valence-electron chi connectivity index (χ0n) is 17.9. The SMILES string of the molecule is CCCNC(=O)CN(C)[C@H](C)C(=O)Nc1ccc(-c2nc3ccc(C)cc3s2)cc1. The Morgan fingerprint density at radius 1 is 1.17 bits per heavy atom. The van der Waals surface area contributed by atoms with Gasteiger partial charge in [-0.15, -0.1) is 11.3 Å². The van der Waals surface area contributed by atoms with Crippen LogP contribution in [-0.4, -0.2) is 47.9 Å². The molecule has 1 heterocycles. The molecule has 1 atom stereocenters. The minimum Gasteiger partial charge on any atom is -0.355 e. The number of nitrogens with one attached hydrogen (secondary N) is 2. The summed E-state index contributed by atoms with van der Waals surface area (Å²) in [5.74, 6) is -0.224. The highest BCUT2D eigenvalue weighted by atomic mass is 32.1. The molecule has 158 valence electrons. The topological polar surface area (TPSA) is 74.3 Å². The second-order valence-electron chi connectivity index (χ2n) is 7.50. The zero-order chi connectivity index (χ0) is 21.7. The second kappa shape index (κ2) is 9.82. The van der Waals surface area contributed by atoms with Crippen molar-refractivity contribution in [2.75, 3.05) is 25.5 Å². The first-order valence-electron chi connectivity index (χ1n) is 10.1. The molecule has 0 radical (unpaired) electrons. The van der Waals surface area contributed by atoms with Crippen LogP contribution < -0.4 is 10.6 Å². The maximum Gasteiger partial charge on any atom is 0.241 e. The van der Waals surface area contributed by atoms with Crippen LogP contribution in [0, 0.1) is 6.92 Å².